The van der Waals surface area contributed by atoms with Crippen molar-refractivity contribution in [2.45, 2.75) is 56.9 Å². The Hall–Kier alpha value is -1.55. The van der Waals surface area contributed by atoms with Crippen molar-refractivity contribution in [2.75, 3.05) is 38.6 Å². The zero-order chi connectivity index (χ0) is 17.7. The SMILES string of the molecule is CN(C)c1ccc(CCC(=O)NCC2(N3CCCC3)CCCC2)cc1. The summed E-state index contributed by atoms with van der Waals surface area (Å²) in [6.45, 7) is 3.27. The second-order valence-electron chi connectivity index (χ2n) is 7.96. The van der Waals surface area contributed by atoms with Crippen molar-refractivity contribution in [3.05, 3.63) is 29.8 Å². The average Bonchev–Trinajstić information content (AvgIpc) is 3.30. The highest BCUT2D eigenvalue weighted by molar-refractivity contribution is 5.76. The van der Waals surface area contributed by atoms with E-state index in [-0.39, 0.29) is 11.4 Å². The normalized spacial score (nSPS) is 19.9. The van der Waals surface area contributed by atoms with Crippen LogP contribution in [0.5, 0.6) is 0 Å². The van der Waals surface area contributed by atoms with Crippen molar-refractivity contribution in [1.29, 1.82) is 0 Å². The van der Waals surface area contributed by atoms with Gasteiger partial charge in [-0.3, -0.25) is 9.69 Å². The van der Waals surface area contributed by atoms with E-state index in [9.17, 15) is 4.79 Å². The topological polar surface area (TPSA) is 35.6 Å². The van der Waals surface area contributed by atoms with Crippen molar-refractivity contribution in [3.8, 4) is 0 Å². The number of nitrogens with zero attached hydrogens (tertiary/aromatic N) is 2. The van der Waals surface area contributed by atoms with E-state index >= 15 is 0 Å². The summed E-state index contributed by atoms with van der Waals surface area (Å²) in [6.07, 6.45) is 9.15. The van der Waals surface area contributed by atoms with Crippen LogP contribution in [0.4, 0.5) is 5.69 Å². The molecule has 0 atom stereocenters. The molecular formula is C21H33N3O. The van der Waals surface area contributed by atoms with Crippen molar-refractivity contribution in [3.63, 3.8) is 0 Å². The Morgan fingerprint density at radius 1 is 1.08 bits per heavy atom. The van der Waals surface area contributed by atoms with E-state index in [1.165, 1.54) is 62.9 Å². The maximum Gasteiger partial charge on any atom is 0.220 e. The number of benzene rings is 1. The molecule has 0 spiro atoms. The van der Waals surface area contributed by atoms with Crippen LogP contribution in [-0.4, -0.2) is 50.1 Å². The summed E-state index contributed by atoms with van der Waals surface area (Å²) in [5.41, 5.74) is 2.68. The highest BCUT2D eigenvalue weighted by Crippen LogP contribution is 2.36. The third-order valence-electron chi connectivity index (χ3n) is 6.02. The van der Waals surface area contributed by atoms with Gasteiger partial charge in [-0.2, -0.15) is 0 Å². The zero-order valence-corrected chi connectivity index (χ0v) is 15.9. The first kappa shape index (κ1) is 18.2. The quantitative estimate of drug-likeness (QED) is 0.826. The maximum absolute atomic E-state index is 12.4. The summed E-state index contributed by atoms with van der Waals surface area (Å²) in [5, 5.41) is 3.25. The van der Waals surface area contributed by atoms with Gasteiger partial charge >= 0.3 is 0 Å². The van der Waals surface area contributed by atoms with Crippen LogP contribution >= 0.6 is 0 Å². The van der Waals surface area contributed by atoms with Gasteiger partial charge in [0, 0.05) is 38.3 Å². The molecular weight excluding hydrogens is 310 g/mol. The molecule has 0 unspecified atom stereocenters. The molecule has 3 rings (SSSR count). The van der Waals surface area contributed by atoms with Crippen molar-refractivity contribution < 1.29 is 4.79 Å². The fourth-order valence-electron chi connectivity index (χ4n) is 4.40. The zero-order valence-electron chi connectivity index (χ0n) is 15.9. The number of carbonyl (C=O) groups excluding carboxylic acids is 1. The molecule has 0 radical (unpaired) electrons. The second-order valence-corrected chi connectivity index (χ2v) is 7.96. The molecule has 1 aromatic rings. The summed E-state index contributed by atoms with van der Waals surface area (Å²) in [7, 11) is 4.09. The number of likely N-dealkylation sites (tertiary alicyclic amines) is 1. The van der Waals surface area contributed by atoms with E-state index in [0.29, 0.717) is 6.42 Å². The Morgan fingerprint density at radius 3 is 2.32 bits per heavy atom. The van der Waals surface area contributed by atoms with Gasteiger partial charge in [-0.05, 0) is 62.9 Å². The standard InChI is InChI=1S/C21H33N3O/c1-23(2)19-10-7-18(8-11-19)9-12-20(25)22-17-21(13-3-4-14-21)24-15-5-6-16-24/h7-8,10-11H,3-6,9,12-17H2,1-2H3,(H,22,25). The number of carbonyl (C=O) groups is 1. The van der Waals surface area contributed by atoms with E-state index in [4.69, 9.17) is 0 Å². The molecule has 2 aliphatic rings. The lowest BCUT2D eigenvalue weighted by atomic mass is 9.95. The molecule has 1 heterocycles. The lowest BCUT2D eigenvalue weighted by molar-refractivity contribution is -0.121. The van der Waals surface area contributed by atoms with Crippen molar-refractivity contribution in [2.24, 2.45) is 0 Å². The first-order chi connectivity index (χ1) is 12.1. The van der Waals surface area contributed by atoms with Crippen LogP contribution in [0.2, 0.25) is 0 Å². The molecule has 1 saturated carbocycles. The summed E-state index contributed by atoms with van der Waals surface area (Å²) in [5.74, 6) is 0.196. The van der Waals surface area contributed by atoms with Crippen LogP contribution in [0.1, 0.15) is 50.5 Å². The molecule has 0 aromatic heterocycles. The van der Waals surface area contributed by atoms with Crippen LogP contribution in [0.25, 0.3) is 0 Å². The molecule has 0 bridgehead atoms. The molecule has 25 heavy (non-hydrogen) atoms. The van der Waals surface area contributed by atoms with Crippen molar-refractivity contribution in [1.82, 2.24) is 10.2 Å². The smallest absolute Gasteiger partial charge is 0.220 e. The predicted octanol–water partition coefficient (Wildman–Crippen LogP) is 3.21. The van der Waals surface area contributed by atoms with Crippen LogP contribution in [0.15, 0.2) is 24.3 Å². The van der Waals surface area contributed by atoms with E-state index in [1.807, 2.05) is 14.1 Å². The number of hydrogen-bond acceptors (Lipinski definition) is 3. The third-order valence-corrected chi connectivity index (χ3v) is 6.02. The number of aryl methyl sites for hydroxylation is 1. The van der Waals surface area contributed by atoms with Gasteiger partial charge in [-0.15, -0.1) is 0 Å². The van der Waals surface area contributed by atoms with Gasteiger partial charge in [0.25, 0.3) is 0 Å². The minimum atomic E-state index is 0.196. The van der Waals surface area contributed by atoms with Gasteiger partial charge in [0.05, 0.1) is 0 Å². The predicted molar refractivity (Wildman–Crippen MR) is 104 cm³/mol. The lowest BCUT2D eigenvalue weighted by Gasteiger charge is -2.39. The van der Waals surface area contributed by atoms with Gasteiger partial charge in [0.1, 0.15) is 0 Å². The van der Waals surface area contributed by atoms with Gasteiger partial charge in [-0.1, -0.05) is 25.0 Å². The Labute approximate surface area is 152 Å². The lowest BCUT2D eigenvalue weighted by Crippen LogP contribution is -2.53. The molecule has 1 saturated heterocycles. The molecule has 138 valence electrons. The van der Waals surface area contributed by atoms with E-state index in [2.05, 4.69) is 39.4 Å². The number of rotatable bonds is 7. The minimum Gasteiger partial charge on any atom is -0.378 e. The summed E-state index contributed by atoms with van der Waals surface area (Å²) in [4.78, 5) is 17.1. The largest absolute Gasteiger partial charge is 0.378 e. The first-order valence-corrected chi connectivity index (χ1v) is 9.87. The van der Waals surface area contributed by atoms with Crippen LogP contribution in [0, 0.1) is 0 Å². The molecule has 1 amide bonds. The highest BCUT2D eigenvalue weighted by Gasteiger charge is 2.40. The minimum absolute atomic E-state index is 0.196. The molecule has 1 N–H and O–H groups in total. The van der Waals surface area contributed by atoms with E-state index in [1.54, 1.807) is 0 Å². The van der Waals surface area contributed by atoms with E-state index < -0.39 is 0 Å². The second kappa shape index (κ2) is 8.22. The maximum atomic E-state index is 12.4. The highest BCUT2D eigenvalue weighted by atomic mass is 16.1. The molecule has 1 aliphatic heterocycles. The Kier molecular flexibility index (Phi) is 6.00. The number of hydrogen-bond donors (Lipinski definition) is 1. The van der Waals surface area contributed by atoms with Crippen molar-refractivity contribution >= 4 is 11.6 Å². The molecule has 4 nitrogen and oxygen atoms in total. The summed E-state index contributed by atoms with van der Waals surface area (Å²) >= 11 is 0. The van der Waals surface area contributed by atoms with Crippen LogP contribution in [-0.2, 0) is 11.2 Å². The first-order valence-electron chi connectivity index (χ1n) is 9.87. The average molecular weight is 344 g/mol. The Balaban J connectivity index is 1.47. The summed E-state index contributed by atoms with van der Waals surface area (Å²) in [6, 6.07) is 8.50. The van der Waals surface area contributed by atoms with Gasteiger partial charge in [0.15, 0.2) is 0 Å². The Bertz CT molecular complexity index is 555. The summed E-state index contributed by atoms with van der Waals surface area (Å²) < 4.78 is 0. The molecule has 1 aromatic carbocycles. The molecule has 1 aliphatic carbocycles. The molecule has 2 fully saturated rings. The number of nitrogens with one attached hydrogen (secondary N) is 1. The fraction of sp³-hybridized carbons (Fsp3) is 0.667. The molecule has 4 heteroatoms. The van der Waals surface area contributed by atoms with E-state index in [0.717, 1.165) is 13.0 Å². The van der Waals surface area contributed by atoms with Gasteiger partial charge in [-0.25, -0.2) is 0 Å². The number of amides is 1. The van der Waals surface area contributed by atoms with Gasteiger partial charge < -0.3 is 10.2 Å². The Morgan fingerprint density at radius 2 is 1.72 bits per heavy atom. The third kappa shape index (κ3) is 4.55. The van der Waals surface area contributed by atoms with Crippen LogP contribution in [0.3, 0.4) is 0 Å². The fourth-order valence-corrected chi connectivity index (χ4v) is 4.40. The monoisotopic (exact) mass is 343 g/mol. The van der Waals surface area contributed by atoms with Crippen LogP contribution < -0.4 is 10.2 Å². The number of anilines is 1. The van der Waals surface area contributed by atoms with Gasteiger partial charge in [0.2, 0.25) is 5.91 Å².